The molecule has 0 atom stereocenters. The van der Waals surface area contributed by atoms with Gasteiger partial charge in [0, 0.05) is 23.0 Å². The summed E-state index contributed by atoms with van der Waals surface area (Å²) in [6.07, 6.45) is 0. The molecular formula is C23H22N4O2. The van der Waals surface area contributed by atoms with Crippen LogP contribution < -0.4 is 20.1 Å². The number of anilines is 3. The van der Waals surface area contributed by atoms with Gasteiger partial charge in [0.05, 0.1) is 14.2 Å². The standard InChI is InChI=1S/C23H22N4O2/c1-28-18-11-7-16(8-12-18)15-24-22-20-5-3-4-6-21(20)23(27-26-22)25-17-9-13-19(29-2)14-10-17/h3-14H,15H2,1-2H3,(H,24,26)(H,25,27). The molecule has 0 aliphatic rings. The molecule has 0 unspecified atom stereocenters. The lowest BCUT2D eigenvalue weighted by Gasteiger charge is -2.13. The number of rotatable bonds is 7. The molecule has 0 fully saturated rings. The van der Waals surface area contributed by atoms with Crippen LogP contribution in [-0.4, -0.2) is 24.4 Å². The van der Waals surface area contributed by atoms with Crippen LogP contribution in [0.2, 0.25) is 0 Å². The van der Waals surface area contributed by atoms with Gasteiger partial charge in [-0.25, -0.2) is 0 Å². The van der Waals surface area contributed by atoms with Crippen molar-refractivity contribution in [3.8, 4) is 11.5 Å². The second-order valence-electron chi connectivity index (χ2n) is 6.50. The number of ether oxygens (including phenoxy) is 2. The minimum Gasteiger partial charge on any atom is -0.497 e. The van der Waals surface area contributed by atoms with Crippen molar-refractivity contribution < 1.29 is 9.47 Å². The number of hydrogen-bond donors (Lipinski definition) is 2. The molecule has 0 saturated heterocycles. The highest BCUT2D eigenvalue weighted by atomic mass is 16.5. The summed E-state index contributed by atoms with van der Waals surface area (Å²) in [5, 5.41) is 17.6. The highest BCUT2D eigenvalue weighted by Crippen LogP contribution is 2.29. The summed E-state index contributed by atoms with van der Waals surface area (Å²) in [6.45, 7) is 0.647. The summed E-state index contributed by atoms with van der Waals surface area (Å²) in [5.41, 5.74) is 2.06. The molecule has 0 aliphatic heterocycles. The second-order valence-corrected chi connectivity index (χ2v) is 6.50. The summed E-state index contributed by atoms with van der Waals surface area (Å²) in [5.74, 6) is 3.11. The van der Waals surface area contributed by atoms with E-state index in [4.69, 9.17) is 9.47 Å². The summed E-state index contributed by atoms with van der Waals surface area (Å²) in [7, 11) is 3.32. The van der Waals surface area contributed by atoms with E-state index in [0.717, 1.165) is 39.3 Å². The molecule has 0 saturated carbocycles. The third-order valence-electron chi connectivity index (χ3n) is 4.66. The summed E-state index contributed by atoms with van der Waals surface area (Å²) >= 11 is 0. The minimum atomic E-state index is 0.647. The lowest BCUT2D eigenvalue weighted by molar-refractivity contribution is 0.414. The molecule has 4 aromatic rings. The van der Waals surface area contributed by atoms with E-state index in [2.05, 4.69) is 20.8 Å². The van der Waals surface area contributed by atoms with E-state index in [1.807, 2.05) is 72.8 Å². The minimum absolute atomic E-state index is 0.647. The van der Waals surface area contributed by atoms with Crippen LogP contribution in [0.1, 0.15) is 5.56 Å². The second kappa shape index (κ2) is 8.48. The van der Waals surface area contributed by atoms with Crippen LogP contribution in [0.5, 0.6) is 11.5 Å². The first kappa shape index (κ1) is 18.6. The smallest absolute Gasteiger partial charge is 0.161 e. The van der Waals surface area contributed by atoms with Crippen LogP contribution in [-0.2, 0) is 6.54 Å². The summed E-state index contributed by atoms with van der Waals surface area (Å²) < 4.78 is 10.4. The van der Waals surface area contributed by atoms with Crippen LogP contribution in [0.3, 0.4) is 0 Å². The zero-order valence-electron chi connectivity index (χ0n) is 16.3. The number of hydrogen-bond acceptors (Lipinski definition) is 6. The van der Waals surface area contributed by atoms with Gasteiger partial charge < -0.3 is 20.1 Å². The van der Waals surface area contributed by atoms with Crippen molar-refractivity contribution in [2.45, 2.75) is 6.54 Å². The van der Waals surface area contributed by atoms with Crippen LogP contribution in [0, 0.1) is 0 Å². The quantitative estimate of drug-likeness (QED) is 0.466. The molecule has 0 radical (unpaired) electrons. The highest BCUT2D eigenvalue weighted by molar-refractivity contribution is 5.99. The molecule has 1 aromatic heterocycles. The topological polar surface area (TPSA) is 68.3 Å². The molecule has 4 rings (SSSR count). The van der Waals surface area contributed by atoms with Gasteiger partial charge in [-0.3, -0.25) is 0 Å². The third-order valence-corrected chi connectivity index (χ3v) is 4.66. The Bertz CT molecular complexity index is 1100. The number of fused-ring (bicyclic) bond motifs is 1. The first-order valence-electron chi connectivity index (χ1n) is 9.30. The highest BCUT2D eigenvalue weighted by Gasteiger charge is 2.09. The maximum absolute atomic E-state index is 5.21. The fraction of sp³-hybridized carbons (Fsp3) is 0.130. The Morgan fingerprint density at radius 2 is 1.24 bits per heavy atom. The van der Waals surface area contributed by atoms with E-state index in [0.29, 0.717) is 12.4 Å². The van der Waals surface area contributed by atoms with E-state index in [1.54, 1.807) is 14.2 Å². The van der Waals surface area contributed by atoms with Gasteiger partial charge in [0.1, 0.15) is 11.5 Å². The SMILES string of the molecule is COc1ccc(CNc2nnc(Nc3ccc(OC)cc3)c3ccccc23)cc1. The number of nitrogens with zero attached hydrogens (tertiary/aromatic N) is 2. The average Bonchev–Trinajstić information content (AvgIpc) is 2.79. The van der Waals surface area contributed by atoms with Crippen LogP contribution >= 0.6 is 0 Å². The van der Waals surface area contributed by atoms with Crippen molar-refractivity contribution in [2.75, 3.05) is 24.9 Å². The lowest BCUT2D eigenvalue weighted by atomic mass is 10.1. The van der Waals surface area contributed by atoms with Crippen molar-refractivity contribution >= 4 is 28.1 Å². The first-order chi connectivity index (χ1) is 14.3. The van der Waals surface area contributed by atoms with Crippen molar-refractivity contribution in [2.24, 2.45) is 0 Å². The van der Waals surface area contributed by atoms with Gasteiger partial charge in [-0.15, -0.1) is 10.2 Å². The van der Waals surface area contributed by atoms with E-state index in [1.165, 1.54) is 0 Å². The maximum Gasteiger partial charge on any atom is 0.161 e. The fourth-order valence-corrected chi connectivity index (χ4v) is 3.07. The number of nitrogens with one attached hydrogen (secondary N) is 2. The molecule has 29 heavy (non-hydrogen) atoms. The monoisotopic (exact) mass is 386 g/mol. The predicted octanol–water partition coefficient (Wildman–Crippen LogP) is 5.00. The number of aromatic nitrogens is 2. The van der Waals surface area contributed by atoms with Crippen molar-refractivity contribution in [3.63, 3.8) is 0 Å². The molecule has 1 heterocycles. The van der Waals surface area contributed by atoms with E-state index in [-0.39, 0.29) is 0 Å². The van der Waals surface area contributed by atoms with E-state index in [9.17, 15) is 0 Å². The number of methoxy groups -OCH3 is 2. The molecule has 0 spiro atoms. The van der Waals surface area contributed by atoms with Gasteiger partial charge in [0.15, 0.2) is 11.6 Å². The molecule has 6 nitrogen and oxygen atoms in total. The predicted molar refractivity (Wildman–Crippen MR) is 116 cm³/mol. The molecule has 0 aliphatic carbocycles. The van der Waals surface area contributed by atoms with Crippen LogP contribution in [0.15, 0.2) is 72.8 Å². The van der Waals surface area contributed by atoms with Crippen molar-refractivity contribution in [3.05, 3.63) is 78.4 Å². The average molecular weight is 386 g/mol. The van der Waals surface area contributed by atoms with Crippen LogP contribution in [0.4, 0.5) is 17.3 Å². The normalized spacial score (nSPS) is 10.6. The largest absolute Gasteiger partial charge is 0.497 e. The molecule has 0 bridgehead atoms. The number of benzene rings is 3. The van der Waals surface area contributed by atoms with Crippen molar-refractivity contribution in [1.29, 1.82) is 0 Å². The first-order valence-corrected chi connectivity index (χ1v) is 9.30. The Kier molecular flexibility index (Phi) is 5.42. The zero-order valence-corrected chi connectivity index (χ0v) is 16.3. The summed E-state index contributed by atoms with van der Waals surface area (Å²) in [4.78, 5) is 0. The van der Waals surface area contributed by atoms with Gasteiger partial charge in [-0.05, 0) is 42.0 Å². The van der Waals surface area contributed by atoms with Crippen LogP contribution in [0.25, 0.3) is 10.8 Å². The Morgan fingerprint density at radius 1 is 0.690 bits per heavy atom. The molecule has 2 N–H and O–H groups in total. The van der Waals surface area contributed by atoms with Gasteiger partial charge in [0.2, 0.25) is 0 Å². The van der Waals surface area contributed by atoms with E-state index >= 15 is 0 Å². The van der Waals surface area contributed by atoms with Gasteiger partial charge in [0.25, 0.3) is 0 Å². The lowest BCUT2D eigenvalue weighted by Crippen LogP contribution is -2.05. The Morgan fingerprint density at radius 3 is 1.86 bits per heavy atom. The molecular weight excluding hydrogens is 364 g/mol. The third kappa shape index (κ3) is 4.21. The zero-order chi connectivity index (χ0) is 20.1. The van der Waals surface area contributed by atoms with E-state index < -0.39 is 0 Å². The van der Waals surface area contributed by atoms with Gasteiger partial charge in [-0.2, -0.15) is 0 Å². The Balaban J connectivity index is 1.57. The Hall–Kier alpha value is -3.80. The molecule has 6 heteroatoms. The molecule has 0 amide bonds. The van der Waals surface area contributed by atoms with Gasteiger partial charge in [-0.1, -0.05) is 36.4 Å². The maximum atomic E-state index is 5.21. The Labute approximate surface area is 169 Å². The van der Waals surface area contributed by atoms with Crippen molar-refractivity contribution in [1.82, 2.24) is 10.2 Å². The fourth-order valence-electron chi connectivity index (χ4n) is 3.07. The molecule has 3 aromatic carbocycles. The molecule has 146 valence electrons. The summed E-state index contributed by atoms with van der Waals surface area (Å²) in [6, 6.07) is 23.7. The van der Waals surface area contributed by atoms with Gasteiger partial charge >= 0.3 is 0 Å².